The zero-order valence-corrected chi connectivity index (χ0v) is 60.1. The maximum atomic E-state index is 12.4. The van der Waals surface area contributed by atoms with Crippen molar-refractivity contribution in [3.8, 4) is 23.0 Å². The molecule has 0 spiro atoms. The van der Waals surface area contributed by atoms with Crippen LogP contribution in [0.4, 0.5) is 0 Å². The number of aromatic hydroxyl groups is 4. The molecule has 2 saturated heterocycles. The van der Waals surface area contributed by atoms with E-state index < -0.39 is 24.2 Å². The molecule has 3 aliphatic rings. The molecule has 3 aliphatic heterocycles. The van der Waals surface area contributed by atoms with Gasteiger partial charge in [0.15, 0.2) is 0 Å². The third kappa shape index (κ3) is 17.5. The van der Waals surface area contributed by atoms with Crippen LogP contribution in [-0.4, -0.2) is 117 Å². The lowest BCUT2D eigenvalue weighted by Crippen LogP contribution is -2.30. The molecule has 98 heavy (non-hydrogen) atoms. The van der Waals surface area contributed by atoms with Crippen molar-refractivity contribution in [3.63, 3.8) is 0 Å². The Morgan fingerprint density at radius 2 is 0.469 bits per heavy atom. The van der Waals surface area contributed by atoms with Gasteiger partial charge in [0.25, 0.3) is 0 Å². The Morgan fingerprint density at radius 1 is 0.276 bits per heavy atom. The molecule has 512 valence electrons. The number of hydrogen-bond acceptors (Lipinski definition) is 12. The average molecular weight is 1310 g/mol. The molecule has 3 heterocycles. The van der Waals surface area contributed by atoms with Crippen LogP contribution in [0.3, 0.4) is 0 Å². The van der Waals surface area contributed by atoms with Crippen molar-refractivity contribution in [1.29, 1.82) is 0 Å². The van der Waals surface area contributed by atoms with Gasteiger partial charge in [-0.1, -0.05) is 229 Å². The Morgan fingerprint density at radius 3 is 0.653 bits per heavy atom. The highest BCUT2D eigenvalue weighted by atomic mass is 16.3. The van der Waals surface area contributed by atoms with Gasteiger partial charge in [0.2, 0.25) is 0 Å². The number of aliphatic imine (C=N–C) groups is 4. The van der Waals surface area contributed by atoms with Crippen LogP contribution in [0, 0.1) is 0 Å². The third-order valence-electron chi connectivity index (χ3n) is 19.7. The van der Waals surface area contributed by atoms with Crippen LogP contribution in [0.25, 0.3) is 0 Å². The monoisotopic (exact) mass is 1310 g/mol. The third-order valence-corrected chi connectivity index (χ3v) is 19.7. The molecule has 0 saturated carbocycles. The van der Waals surface area contributed by atoms with E-state index in [1.165, 1.54) is 0 Å². The lowest BCUT2D eigenvalue weighted by atomic mass is 9.84. The largest absolute Gasteiger partial charge is 0.507 e. The fraction of sp³-hybridized carbons (Fsp3) is 0.395. The summed E-state index contributed by atoms with van der Waals surface area (Å²) in [6, 6.07) is 56.4. The van der Waals surface area contributed by atoms with E-state index in [-0.39, 0.29) is 44.7 Å². The van der Waals surface area contributed by atoms with E-state index in [0.717, 1.165) is 132 Å². The standard InChI is InChI=1S/C86H104N8O4/c1-83(2,3)71-47-59-43-67(79(71)95)51-87-75(63-27-17-13-18-28-63)76(64-29-19-14-20-30-64)88-52-68-45-61(49-73(80(68)96)85(7,8)9)57-93-37-26-38-94(42-41-93)58-62-46-70(82(98)74(50-62)86(10,11)12)54-90-78(66-33-23-16-24-34-66)77(65-31-21-15-22-32-65)89-53-69-44-60(48-72(81(69)97)84(4,5)6)56-92-36-25-35-91(55-59)39-40-92/h13-24,27-34,43-54,75-78,95-98H,25-26,35-42,55-58H2,1-12H3/t75-,76-,77-,78-/m1/s1. The van der Waals surface area contributed by atoms with Crippen molar-refractivity contribution in [2.45, 2.75) is 168 Å². The van der Waals surface area contributed by atoms with Crippen molar-refractivity contribution in [2.24, 2.45) is 20.0 Å². The summed E-state index contributed by atoms with van der Waals surface area (Å²) in [5, 5.41) is 49.4. The normalized spacial score (nSPS) is 21.9. The number of phenols is 4. The van der Waals surface area contributed by atoms with Gasteiger partial charge in [-0.15, -0.1) is 0 Å². The van der Waals surface area contributed by atoms with Gasteiger partial charge in [0, 0.05) is 122 Å². The second-order valence-corrected chi connectivity index (χ2v) is 31.7. The Hall–Kier alpha value is -8.52. The Kier molecular flexibility index (Phi) is 21.9. The first kappa shape index (κ1) is 70.8. The quantitative estimate of drug-likeness (QED) is 0.136. The Labute approximate surface area is 583 Å². The van der Waals surface area contributed by atoms with Crippen molar-refractivity contribution in [2.75, 3.05) is 52.4 Å². The van der Waals surface area contributed by atoms with E-state index in [1.54, 1.807) is 0 Å². The summed E-state index contributed by atoms with van der Waals surface area (Å²) in [5.74, 6) is 0.889. The van der Waals surface area contributed by atoms with Gasteiger partial charge in [-0.2, -0.15) is 0 Å². The summed E-state index contributed by atoms with van der Waals surface area (Å²) < 4.78 is 0. The van der Waals surface area contributed by atoms with Crippen LogP contribution in [0.2, 0.25) is 0 Å². The molecule has 8 aromatic carbocycles. The van der Waals surface area contributed by atoms with Crippen LogP contribution in [0.15, 0.2) is 190 Å². The van der Waals surface area contributed by atoms with Gasteiger partial charge in [-0.3, -0.25) is 39.6 Å². The van der Waals surface area contributed by atoms with Gasteiger partial charge in [-0.05, 0) is 129 Å². The van der Waals surface area contributed by atoms with E-state index >= 15 is 0 Å². The number of benzene rings is 8. The number of hydrogen-bond donors (Lipinski definition) is 4. The minimum atomic E-state index is -0.507. The first-order valence-corrected chi connectivity index (χ1v) is 35.4. The summed E-state index contributed by atoms with van der Waals surface area (Å²) >= 11 is 0. The highest BCUT2D eigenvalue weighted by Gasteiger charge is 2.31. The molecule has 12 bridgehead atoms. The molecule has 0 aromatic heterocycles. The van der Waals surface area contributed by atoms with Crippen LogP contribution in [0.1, 0.15) is 209 Å². The molecular weight excluding hydrogens is 1210 g/mol. The molecule has 4 unspecified atom stereocenters. The van der Waals surface area contributed by atoms with Crippen LogP contribution < -0.4 is 0 Å². The molecule has 0 radical (unpaired) electrons. The summed E-state index contributed by atoms with van der Waals surface area (Å²) in [6.07, 6.45) is 9.37. The summed E-state index contributed by atoms with van der Waals surface area (Å²) in [7, 11) is 0. The summed E-state index contributed by atoms with van der Waals surface area (Å²) in [5.41, 5.74) is 12.9. The SMILES string of the molecule is CC(C)(C)c1cc2cc(c1O)C=N[C@H](c1ccccc1)[C@@H](c1ccccc1)N=Cc1cc(cc(C(C)(C)C)c1O)CN1CCCN(CC1)Cc1cc(c(O)c(C(C)(C)C)c1)C=N[C@H](c1ccccc1)[C@@H](c1ccccc1)N=Cc1cc(cc(C(C)(C)C)c1O)CN1CCCN(CC1)C2. The van der Waals surface area contributed by atoms with Crippen molar-refractivity contribution >= 4 is 24.9 Å². The molecule has 8 atom stereocenters. The van der Waals surface area contributed by atoms with Crippen molar-refractivity contribution in [1.82, 2.24) is 19.6 Å². The predicted octanol–water partition coefficient (Wildman–Crippen LogP) is 17.5. The van der Waals surface area contributed by atoms with Crippen LogP contribution in [0.5, 0.6) is 23.0 Å². The average Bonchev–Trinajstić information content (AvgIpc) is 0.928. The maximum Gasteiger partial charge on any atom is 0.128 e. The van der Waals surface area contributed by atoms with Crippen LogP contribution in [-0.2, 0) is 47.8 Å². The highest BCUT2D eigenvalue weighted by Crippen LogP contribution is 2.43. The minimum Gasteiger partial charge on any atom is -0.507 e. The fourth-order valence-corrected chi connectivity index (χ4v) is 14.3. The summed E-state index contributed by atoms with van der Waals surface area (Å²) in [4.78, 5) is 32.1. The molecule has 12 nitrogen and oxygen atoms in total. The zero-order valence-electron chi connectivity index (χ0n) is 60.1. The second kappa shape index (κ2) is 30.3. The number of phenolic OH excluding ortho intramolecular Hbond substituents is 4. The topological polar surface area (TPSA) is 143 Å². The molecule has 0 aliphatic carbocycles. The highest BCUT2D eigenvalue weighted by molar-refractivity contribution is 5.88. The van der Waals surface area contributed by atoms with E-state index in [2.05, 4.69) is 200 Å². The van der Waals surface area contributed by atoms with E-state index in [4.69, 9.17) is 20.0 Å². The molecule has 12 heteroatoms. The number of rotatable bonds is 4. The van der Waals surface area contributed by atoms with Gasteiger partial charge in [0.1, 0.15) is 47.2 Å². The summed E-state index contributed by atoms with van der Waals surface area (Å²) in [6.45, 7) is 35.6. The molecule has 11 rings (SSSR count). The van der Waals surface area contributed by atoms with E-state index in [0.29, 0.717) is 48.4 Å². The maximum absolute atomic E-state index is 12.4. The smallest absolute Gasteiger partial charge is 0.128 e. The zero-order chi connectivity index (χ0) is 69.5. The number of nitrogens with zero attached hydrogens (tertiary/aromatic N) is 8. The van der Waals surface area contributed by atoms with Crippen LogP contribution >= 0.6 is 0 Å². The van der Waals surface area contributed by atoms with E-state index in [9.17, 15) is 20.4 Å². The molecule has 2 fully saturated rings. The molecule has 8 aromatic rings. The minimum absolute atomic E-state index is 0.222. The lowest BCUT2D eigenvalue weighted by Gasteiger charge is -2.27. The van der Waals surface area contributed by atoms with Gasteiger partial charge in [0.05, 0.1) is 0 Å². The predicted molar refractivity (Wildman–Crippen MR) is 405 cm³/mol. The van der Waals surface area contributed by atoms with E-state index in [1.807, 2.05) is 97.7 Å². The molecule has 0 amide bonds. The van der Waals surface area contributed by atoms with Crippen molar-refractivity contribution in [3.05, 3.63) is 259 Å². The van der Waals surface area contributed by atoms with Gasteiger partial charge in [-0.25, -0.2) is 0 Å². The Balaban J connectivity index is 1.03. The first-order chi connectivity index (χ1) is 46.7. The second-order valence-electron chi connectivity index (χ2n) is 31.7. The Bertz CT molecular complexity index is 3610. The van der Waals surface area contributed by atoms with Gasteiger partial charge >= 0.3 is 0 Å². The van der Waals surface area contributed by atoms with Gasteiger partial charge < -0.3 is 20.4 Å². The molecule has 4 N–H and O–H groups in total. The lowest BCUT2D eigenvalue weighted by molar-refractivity contribution is 0.247. The number of fused-ring (bicyclic) bond motifs is 14. The van der Waals surface area contributed by atoms with Crippen molar-refractivity contribution < 1.29 is 20.4 Å². The first-order valence-electron chi connectivity index (χ1n) is 35.4. The molecular formula is C86H104N8O4. The fourth-order valence-electron chi connectivity index (χ4n) is 14.3.